The molecule has 5 nitrogen and oxygen atoms in total. The highest BCUT2D eigenvalue weighted by molar-refractivity contribution is 7.89. The number of sulfonamides is 1. The van der Waals surface area contributed by atoms with Crippen LogP contribution in [0.25, 0.3) is 0 Å². The molecule has 0 radical (unpaired) electrons. The van der Waals surface area contributed by atoms with Gasteiger partial charge in [0.25, 0.3) is 0 Å². The summed E-state index contributed by atoms with van der Waals surface area (Å²) in [6.07, 6.45) is 2.86. The molecule has 1 aliphatic carbocycles. The van der Waals surface area contributed by atoms with Crippen LogP contribution in [-0.4, -0.2) is 25.7 Å². The number of aliphatic hydroxyl groups excluding tert-OH is 1. The van der Waals surface area contributed by atoms with Crippen molar-refractivity contribution in [3.63, 3.8) is 0 Å². The predicted octanol–water partition coefficient (Wildman–Crippen LogP) is 1.30. The number of rotatable bonds is 4. The maximum Gasteiger partial charge on any atom is 0.241 e. The molecule has 2 rings (SSSR count). The van der Waals surface area contributed by atoms with Crippen LogP contribution in [0.4, 0.5) is 10.1 Å². The fourth-order valence-electron chi connectivity index (χ4n) is 2.64. The van der Waals surface area contributed by atoms with Gasteiger partial charge in [0.05, 0.1) is 17.0 Å². The Kier molecular flexibility index (Phi) is 4.04. The summed E-state index contributed by atoms with van der Waals surface area (Å²) in [7, 11) is -3.92. The molecule has 1 saturated carbocycles. The molecule has 0 aromatic heterocycles. The highest BCUT2D eigenvalue weighted by Gasteiger charge is 2.38. The number of aliphatic hydroxyl groups is 1. The maximum atomic E-state index is 13.6. The lowest BCUT2D eigenvalue weighted by Crippen LogP contribution is -2.49. The quantitative estimate of drug-likeness (QED) is 0.731. The third-order valence-electron chi connectivity index (χ3n) is 3.82. The Balaban J connectivity index is 2.41. The van der Waals surface area contributed by atoms with Gasteiger partial charge in [-0.3, -0.25) is 0 Å². The number of nitrogen functional groups attached to an aromatic ring is 1. The second-order valence-corrected chi connectivity index (χ2v) is 7.03. The molecule has 0 aliphatic heterocycles. The summed E-state index contributed by atoms with van der Waals surface area (Å²) in [6.45, 7) is 1.12. The van der Waals surface area contributed by atoms with Crippen LogP contribution in [-0.2, 0) is 10.0 Å². The largest absolute Gasteiger partial charge is 0.399 e. The number of benzene rings is 1. The summed E-state index contributed by atoms with van der Waals surface area (Å²) >= 11 is 0. The van der Waals surface area contributed by atoms with E-state index in [0.717, 1.165) is 18.9 Å². The van der Waals surface area contributed by atoms with Crippen LogP contribution in [0, 0.1) is 12.7 Å². The fourth-order valence-corrected chi connectivity index (χ4v) is 4.38. The number of hydrogen-bond donors (Lipinski definition) is 3. The summed E-state index contributed by atoms with van der Waals surface area (Å²) in [5.41, 5.74) is 4.76. The maximum absolute atomic E-state index is 13.6. The number of nitrogens with two attached hydrogens (primary N) is 1. The molecule has 1 fully saturated rings. The number of halogens is 1. The molecule has 20 heavy (non-hydrogen) atoms. The molecular weight excluding hydrogens is 283 g/mol. The van der Waals surface area contributed by atoms with Crippen molar-refractivity contribution in [2.75, 3.05) is 12.3 Å². The molecule has 1 aromatic carbocycles. The Morgan fingerprint density at radius 3 is 2.55 bits per heavy atom. The van der Waals surface area contributed by atoms with Crippen molar-refractivity contribution in [2.24, 2.45) is 0 Å². The van der Waals surface area contributed by atoms with Crippen LogP contribution in [0.15, 0.2) is 17.0 Å². The molecular formula is C13H19FN2O3S. The molecule has 0 atom stereocenters. The standard InChI is InChI=1S/C13H19FN2O3S/c1-9-11(14)6-10(15)7-12(9)20(18,19)16-13(8-17)4-2-3-5-13/h6-7,16-17H,2-5,8,15H2,1H3. The Morgan fingerprint density at radius 2 is 2.00 bits per heavy atom. The molecule has 4 N–H and O–H groups in total. The van der Waals surface area contributed by atoms with Crippen LogP contribution in [0.2, 0.25) is 0 Å². The van der Waals surface area contributed by atoms with Gasteiger partial charge in [-0.1, -0.05) is 12.8 Å². The minimum Gasteiger partial charge on any atom is -0.399 e. The second kappa shape index (κ2) is 5.31. The zero-order valence-electron chi connectivity index (χ0n) is 11.3. The first-order valence-electron chi connectivity index (χ1n) is 6.50. The van der Waals surface area contributed by atoms with Crippen molar-refractivity contribution >= 4 is 15.7 Å². The Morgan fingerprint density at radius 1 is 1.40 bits per heavy atom. The predicted molar refractivity (Wildman–Crippen MR) is 74.2 cm³/mol. The van der Waals surface area contributed by atoms with Gasteiger partial charge >= 0.3 is 0 Å². The first-order chi connectivity index (χ1) is 9.30. The van der Waals surface area contributed by atoms with E-state index in [1.54, 1.807) is 0 Å². The Hall–Kier alpha value is -1.18. The van der Waals surface area contributed by atoms with Crippen molar-refractivity contribution in [3.8, 4) is 0 Å². The van der Waals surface area contributed by atoms with Gasteiger partial charge in [0.15, 0.2) is 0 Å². The van der Waals surface area contributed by atoms with E-state index in [4.69, 9.17) is 5.73 Å². The summed E-state index contributed by atoms with van der Waals surface area (Å²) in [5.74, 6) is -0.658. The SMILES string of the molecule is Cc1c(F)cc(N)cc1S(=O)(=O)NC1(CO)CCCC1. The average molecular weight is 302 g/mol. The van der Waals surface area contributed by atoms with Gasteiger partial charge in [0.1, 0.15) is 5.82 Å². The van der Waals surface area contributed by atoms with E-state index in [9.17, 15) is 17.9 Å². The van der Waals surface area contributed by atoms with Crippen molar-refractivity contribution in [2.45, 2.75) is 43.0 Å². The summed E-state index contributed by atoms with van der Waals surface area (Å²) in [6, 6.07) is 2.33. The van der Waals surface area contributed by atoms with Gasteiger partial charge in [-0.15, -0.1) is 0 Å². The van der Waals surface area contributed by atoms with Gasteiger partial charge in [0.2, 0.25) is 10.0 Å². The molecule has 0 saturated heterocycles. The lowest BCUT2D eigenvalue weighted by atomic mass is 10.0. The van der Waals surface area contributed by atoms with Crippen molar-refractivity contribution in [3.05, 3.63) is 23.5 Å². The third kappa shape index (κ3) is 2.79. The van der Waals surface area contributed by atoms with Crippen LogP contribution in [0.1, 0.15) is 31.2 Å². The highest BCUT2D eigenvalue weighted by atomic mass is 32.2. The van der Waals surface area contributed by atoms with E-state index in [1.165, 1.54) is 13.0 Å². The Bertz CT molecular complexity index is 610. The van der Waals surface area contributed by atoms with Gasteiger partial charge < -0.3 is 10.8 Å². The molecule has 0 bridgehead atoms. The van der Waals surface area contributed by atoms with Gasteiger partial charge in [0, 0.05) is 11.3 Å². The molecule has 0 spiro atoms. The second-order valence-electron chi connectivity index (χ2n) is 5.38. The molecule has 0 amide bonds. The fraction of sp³-hybridized carbons (Fsp3) is 0.538. The average Bonchev–Trinajstić information content (AvgIpc) is 2.82. The lowest BCUT2D eigenvalue weighted by Gasteiger charge is -2.28. The van der Waals surface area contributed by atoms with E-state index in [2.05, 4.69) is 4.72 Å². The monoisotopic (exact) mass is 302 g/mol. The smallest absolute Gasteiger partial charge is 0.241 e. The summed E-state index contributed by atoms with van der Waals surface area (Å²) in [4.78, 5) is -0.172. The first kappa shape index (κ1) is 15.2. The first-order valence-corrected chi connectivity index (χ1v) is 7.98. The minimum atomic E-state index is -3.92. The minimum absolute atomic E-state index is 0.0257. The normalized spacial score (nSPS) is 18.4. The van der Waals surface area contributed by atoms with E-state index in [-0.39, 0.29) is 22.8 Å². The molecule has 0 heterocycles. The topological polar surface area (TPSA) is 92.4 Å². The summed E-state index contributed by atoms with van der Waals surface area (Å²) < 4.78 is 41.0. The van der Waals surface area contributed by atoms with Gasteiger partial charge in [-0.25, -0.2) is 17.5 Å². The van der Waals surface area contributed by atoms with Gasteiger partial charge in [-0.05, 0) is 31.9 Å². The third-order valence-corrected chi connectivity index (χ3v) is 5.53. The molecule has 7 heteroatoms. The lowest BCUT2D eigenvalue weighted by molar-refractivity contribution is 0.185. The number of anilines is 1. The molecule has 112 valence electrons. The van der Waals surface area contributed by atoms with Crippen LogP contribution in [0.3, 0.4) is 0 Å². The van der Waals surface area contributed by atoms with E-state index < -0.39 is 21.4 Å². The number of nitrogens with one attached hydrogen (secondary N) is 1. The Labute approximate surface area is 118 Å². The van der Waals surface area contributed by atoms with E-state index in [1.807, 2.05) is 0 Å². The van der Waals surface area contributed by atoms with Crippen LogP contribution >= 0.6 is 0 Å². The van der Waals surface area contributed by atoms with E-state index >= 15 is 0 Å². The van der Waals surface area contributed by atoms with Crippen LogP contribution < -0.4 is 10.5 Å². The van der Waals surface area contributed by atoms with E-state index in [0.29, 0.717) is 12.8 Å². The zero-order chi connectivity index (χ0) is 15.0. The molecule has 1 aromatic rings. The number of hydrogen-bond acceptors (Lipinski definition) is 4. The molecule has 0 unspecified atom stereocenters. The molecule has 1 aliphatic rings. The van der Waals surface area contributed by atoms with Crippen molar-refractivity contribution in [1.82, 2.24) is 4.72 Å². The van der Waals surface area contributed by atoms with Crippen LogP contribution in [0.5, 0.6) is 0 Å². The van der Waals surface area contributed by atoms with Crippen molar-refractivity contribution in [1.29, 1.82) is 0 Å². The highest BCUT2D eigenvalue weighted by Crippen LogP contribution is 2.32. The van der Waals surface area contributed by atoms with Gasteiger partial charge in [-0.2, -0.15) is 0 Å². The zero-order valence-corrected chi connectivity index (χ0v) is 12.1. The van der Waals surface area contributed by atoms with Crippen molar-refractivity contribution < 1.29 is 17.9 Å². The summed E-state index contributed by atoms with van der Waals surface area (Å²) in [5, 5.41) is 9.48.